The highest BCUT2D eigenvalue weighted by Crippen LogP contribution is 2.31. The van der Waals surface area contributed by atoms with Crippen molar-refractivity contribution in [3.8, 4) is 0 Å². The predicted octanol–water partition coefficient (Wildman–Crippen LogP) is 4.89. The molecule has 0 amide bonds. The minimum absolute atomic E-state index is 0.185. The van der Waals surface area contributed by atoms with Crippen LogP contribution in [0.2, 0.25) is 0 Å². The van der Waals surface area contributed by atoms with Crippen molar-refractivity contribution in [3.63, 3.8) is 0 Å². The van der Waals surface area contributed by atoms with Crippen LogP contribution >= 0.6 is 11.8 Å². The molecule has 0 N–H and O–H groups in total. The topological polar surface area (TPSA) is 17.1 Å². The van der Waals surface area contributed by atoms with Crippen molar-refractivity contribution in [2.75, 3.05) is 5.75 Å². The van der Waals surface area contributed by atoms with Gasteiger partial charge in [0.1, 0.15) is 5.82 Å². The third kappa shape index (κ3) is 3.69. The molecular formula is C15H8F6OS. The zero-order valence-corrected chi connectivity index (χ0v) is 12.1. The summed E-state index contributed by atoms with van der Waals surface area (Å²) in [5.74, 6) is -11.3. The van der Waals surface area contributed by atoms with Crippen LogP contribution in [-0.4, -0.2) is 11.5 Å². The highest BCUT2D eigenvalue weighted by Gasteiger charge is 2.25. The van der Waals surface area contributed by atoms with Crippen LogP contribution in [0.3, 0.4) is 0 Å². The molecule has 0 saturated heterocycles. The van der Waals surface area contributed by atoms with Crippen LogP contribution in [0.25, 0.3) is 0 Å². The quantitative estimate of drug-likeness (QED) is 0.251. The van der Waals surface area contributed by atoms with E-state index < -0.39 is 45.6 Å². The van der Waals surface area contributed by atoms with E-state index in [1.165, 1.54) is 12.1 Å². The Morgan fingerprint density at radius 3 is 1.78 bits per heavy atom. The van der Waals surface area contributed by atoms with E-state index in [0.29, 0.717) is 11.8 Å². The normalized spacial score (nSPS) is 10.9. The number of Topliss-reactive ketones (excluding diaryl/α,β-unsaturated/α-hetero) is 1. The minimum atomic E-state index is -2.23. The molecule has 8 heteroatoms. The van der Waals surface area contributed by atoms with Crippen molar-refractivity contribution in [3.05, 3.63) is 64.7 Å². The summed E-state index contributed by atoms with van der Waals surface area (Å²) in [6.07, 6.45) is -0.213. The average molecular weight is 350 g/mol. The molecule has 122 valence electrons. The maximum atomic E-state index is 13.4. The van der Waals surface area contributed by atoms with Crippen molar-refractivity contribution in [2.24, 2.45) is 0 Å². The van der Waals surface area contributed by atoms with Gasteiger partial charge < -0.3 is 0 Å². The molecule has 0 fully saturated rings. The Morgan fingerprint density at radius 2 is 1.26 bits per heavy atom. The van der Waals surface area contributed by atoms with Crippen LogP contribution in [0, 0.1) is 34.9 Å². The summed E-state index contributed by atoms with van der Waals surface area (Å²) in [5.41, 5.74) is 0.185. The molecule has 0 spiro atoms. The molecule has 0 aliphatic heterocycles. The Bertz CT molecular complexity index is 716. The summed E-state index contributed by atoms with van der Waals surface area (Å²) in [6, 6.07) is 4.62. The van der Waals surface area contributed by atoms with Crippen molar-refractivity contribution < 1.29 is 31.1 Å². The first-order chi connectivity index (χ1) is 10.8. The molecule has 0 radical (unpaired) electrons. The molecule has 1 nitrogen and oxygen atoms in total. The van der Waals surface area contributed by atoms with E-state index in [1.54, 1.807) is 0 Å². The van der Waals surface area contributed by atoms with Crippen molar-refractivity contribution in [1.82, 2.24) is 0 Å². The van der Waals surface area contributed by atoms with Crippen LogP contribution in [0.1, 0.15) is 16.8 Å². The lowest BCUT2D eigenvalue weighted by atomic mass is 10.1. The van der Waals surface area contributed by atoms with Crippen LogP contribution in [-0.2, 0) is 0 Å². The molecule has 0 unspecified atom stereocenters. The summed E-state index contributed by atoms with van der Waals surface area (Å²) in [4.78, 5) is 10.7. The fourth-order valence-corrected chi connectivity index (χ4v) is 2.66. The summed E-state index contributed by atoms with van der Waals surface area (Å²) in [7, 11) is 0. The van der Waals surface area contributed by atoms with Gasteiger partial charge in [0.15, 0.2) is 29.1 Å². The lowest BCUT2D eigenvalue weighted by Crippen LogP contribution is -2.05. The lowest BCUT2D eigenvalue weighted by Gasteiger charge is -2.07. The van der Waals surface area contributed by atoms with Gasteiger partial charge in [-0.2, -0.15) is 0 Å². The number of benzene rings is 2. The second-order valence-corrected chi connectivity index (χ2v) is 5.53. The molecule has 0 aliphatic rings. The first kappa shape index (κ1) is 17.4. The zero-order chi connectivity index (χ0) is 17.1. The molecule has 2 aromatic rings. The van der Waals surface area contributed by atoms with Gasteiger partial charge in [0.25, 0.3) is 0 Å². The lowest BCUT2D eigenvalue weighted by molar-refractivity contribution is 0.0989. The first-order valence-electron chi connectivity index (χ1n) is 6.26. The monoisotopic (exact) mass is 350 g/mol. The summed E-state index contributed by atoms with van der Waals surface area (Å²) in [6.45, 7) is 0. The van der Waals surface area contributed by atoms with E-state index in [1.807, 2.05) is 0 Å². The van der Waals surface area contributed by atoms with Gasteiger partial charge in [-0.3, -0.25) is 4.79 Å². The number of ketones is 1. The van der Waals surface area contributed by atoms with E-state index in [2.05, 4.69) is 0 Å². The Hall–Kier alpha value is -1.96. The number of hydrogen-bond acceptors (Lipinski definition) is 2. The Labute approximate surface area is 131 Å². The predicted molar refractivity (Wildman–Crippen MR) is 72.3 cm³/mol. The molecule has 0 saturated carbocycles. The number of carbonyl (C=O) groups excluding carboxylic acids is 1. The second kappa shape index (κ2) is 7.08. The van der Waals surface area contributed by atoms with Gasteiger partial charge in [0, 0.05) is 17.7 Å². The Kier molecular flexibility index (Phi) is 5.35. The van der Waals surface area contributed by atoms with Crippen LogP contribution in [0.15, 0.2) is 29.2 Å². The van der Waals surface area contributed by atoms with E-state index in [9.17, 15) is 31.1 Å². The highest BCUT2D eigenvalue weighted by atomic mass is 32.2. The van der Waals surface area contributed by atoms with Gasteiger partial charge >= 0.3 is 0 Å². The molecule has 0 aliphatic carbocycles. The Morgan fingerprint density at radius 1 is 0.783 bits per heavy atom. The van der Waals surface area contributed by atoms with Gasteiger partial charge in [-0.05, 0) is 24.3 Å². The summed E-state index contributed by atoms with van der Waals surface area (Å²) in [5, 5.41) is 0. The number of thioether (sulfide) groups is 1. The van der Waals surface area contributed by atoms with Crippen LogP contribution in [0.5, 0.6) is 0 Å². The number of hydrogen-bond donors (Lipinski definition) is 0. The number of rotatable bonds is 5. The van der Waals surface area contributed by atoms with Crippen molar-refractivity contribution >= 4 is 17.5 Å². The van der Waals surface area contributed by atoms with Gasteiger partial charge in [-0.25, -0.2) is 26.3 Å². The first-order valence-corrected chi connectivity index (χ1v) is 7.24. The van der Waals surface area contributed by atoms with Crippen LogP contribution < -0.4 is 0 Å². The molecule has 23 heavy (non-hydrogen) atoms. The summed E-state index contributed by atoms with van der Waals surface area (Å²) < 4.78 is 78.5. The van der Waals surface area contributed by atoms with E-state index >= 15 is 0 Å². The van der Waals surface area contributed by atoms with E-state index in [4.69, 9.17) is 0 Å². The Balaban J connectivity index is 2.07. The molecule has 0 bridgehead atoms. The third-order valence-corrected chi connectivity index (χ3v) is 3.97. The van der Waals surface area contributed by atoms with Crippen molar-refractivity contribution in [2.45, 2.75) is 11.3 Å². The molecule has 2 aromatic carbocycles. The van der Waals surface area contributed by atoms with Crippen LogP contribution in [0.4, 0.5) is 26.3 Å². The fraction of sp³-hybridized carbons (Fsp3) is 0.133. The number of carbonyl (C=O) groups is 1. The molecule has 2 rings (SSSR count). The summed E-state index contributed by atoms with van der Waals surface area (Å²) >= 11 is 0.345. The zero-order valence-electron chi connectivity index (χ0n) is 11.3. The van der Waals surface area contributed by atoms with E-state index in [-0.39, 0.29) is 17.7 Å². The maximum Gasteiger partial charge on any atom is 0.200 e. The largest absolute Gasteiger partial charge is 0.294 e. The molecule has 0 atom stereocenters. The SMILES string of the molecule is O=C(CCSc1c(F)c(F)c(F)c(F)c1F)c1ccc(F)cc1. The minimum Gasteiger partial charge on any atom is -0.294 e. The third-order valence-electron chi connectivity index (χ3n) is 2.91. The van der Waals surface area contributed by atoms with Gasteiger partial charge in [-0.15, -0.1) is 11.8 Å². The standard InChI is InChI=1S/C15H8F6OS/c16-8-3-1-7(2-4-8)9(22)5-6-23-15-13(20)11(18)10(17)12(19)14(15)21/h1-4H,5-6H2. The fourth-order valence-electron chi connectivity index (χ4n) is 1.74. The average Bonchev–Trinajstić information content (AvgIpc) is 2.54. The second-order valence-electron chi connectivity index (χ2n) is 4.43. The van der Waals surface area contributed by atoms with E-state index in [0.717, 1.165) is 12.1 Å². The highest BCUT2D eigenvalue weighted by molar-refractivity contribution is 7.99. The number of halogens is 6. The smallest absolute Gasteiger partial charge is 0.200 e. The van der Waals surface area contributed by atoms with Gasteiger partial charge in [0.05, 0.1) is 4.90 Å². The molecule has 0 aromatic heterocycles. The van der Waals surface area contributed by atoms with Gasteiger partial charge in [0.2, 0.25) is 5.82 Å². The van der Waals surface area contributed by atoms with Crippen molar-refractivity contribution in [1.29, 1.82) is 0 Å². The maximum absolute atomic E-state index is 13.4. The molecule has 0 heterocycles. The van der Waals surface area contributed by atoms with Gasteiger partial charge in [-0.1, -0.05) is 0 Å². The molecular weight excluding hydrogens is 342 g/mol.